The van der Waals surface area contributed by atoms with Crippen molar-refractivity contribution in [2.24, 2.45) is 0 Å². The highest BCUT2D eigenvalue weighted by atomic mass is 16.2. The van der Waals surface area contributed by atoms with Crippen molar-refractivity contribution in [2.75, 3.05) is 6.54 Å². The van der Waals surface area contributed by atoms with Gasteiger partial charge in [-0.25, -0.2) is 0 Å². The number of nitrogens with one attached hydrogen (secondary N) is 2. The van der Waals surface area contributed by atoms with Crippen LogP contribution in [0.1, 0.15) is 33.4 Å². The summed E-state index contributed by atoms with van der Waals surface area (Å²) in [5.74, 6) is -0.122. The Morgan fingerprint density at radius 3 is 0.860 bits per heavy atom. The van der Waals surface area contributed by atoms with Crippen LogP contribution in [0.25, 0.3) is 0 Å². The van der Waals surface area contributed by atoms with Gasteiger partial charge in [-0.2, -0.15) is 0 Å². The molecule has 6 rings (SSSR count). The molecule has 0 bridgehead atoms. The predicted octanol–water partition coefficient (Wildman–Crippen LogP) is 7.68. The van der Waals surface area contributed by atoms with Crippen LogP contribution in [0.5, 0.6) is 0 Å². The molecule has 1 amide bonds. The van der Waals surface area contributed by atoms with Crippen molar-refractivity contribution in [1.29, 1.82) is 0 Å². The minimum absolute atomic E-state index is 0.0763. The zero-order chi connectivity index (χ0) is 29.4. The van der Waals surface area contributed by atoms with Crippen LogP contribution in [0.3, 0.4) is 0 Å². The Morgan fingerprint density at radius 2 is 0.605 bits per heavy atom. The second-order valence-electron chi connectivity index (χ2n) is 10.6. The summed E-state index contributed by atoms with van der Waals surface area (Å²) < 4.78 is 0. The number of rotatable bonds is 10. The van der Waals surface area contributed by atoms with E-state index < -0.39 is 11.1 Å². The number of benzene rings is 6. The highest BCUT2D eigenvalue weighted by molar-refractivity contribution is 5.81. The molecular weight excluding hydrogens is 524 g/mol. The average molecular weight is 559 g/mol. The van der Waals surface area contributed by atoms with E-state index in [-0.39, 0.29) is 12.5 Å². The minimum atomic E-state index is -0.891. The highest BCUT2D eigenvalue weighted by Gasteiger charge is 2.40. The lowest BCUT2D eigenvalue weighted by Gasteiger charge is -2.39. The maximum Gasteiger partial charge on any atom is 0.235 e. The van der Waals surface area contributed by atoms with E-state index in [1.54, 1.807) is 0 Å². The lowest BCUT2D eigenvalue weighted by atomic mass is 9.76. The van der Waals surface area contributed by atoms with E-state index >= 15 is 0 Å². The molecule has 2 N–H and O–H groups in total. The predicted molar refractivity (Wildman–Crippen MR) is 175 cm³/mol. The number of amides is 1. The summed E-state index contributed by atoms with van der Waals surface area (Å²) in [6, 6.07) is 61.6. The van der Waals surface area contributed by atoms with Crippen molar-refractivity contribution >= 4 is 5.91 Å². The fraction of sp³-hybridized carbons (Fsp3) is 0.0750. The van der Waals surface area contributed by atoms with E-state index in [2.05, 4.69) is 83.4 Å². The largest absolute Gasteiger partial charge is 0.337 e. The summed E-state index contributed by atoms with van der Waals surface area (Å²) in [5, 5.41) is 7.25. The van der Waals surface area contributed by atoms with Crippen molar-refractivity contribution in [3.05, 3.63) is 215 Å². The molecule has 0 saturated heterocycles. The van der Waals surface area contributed by atoms with Crippen LogP contribution in [0.4, 0.5) is 0 Å². The van der Waals surface area contributed by atoms with Crippen LogP contribution in [-0.4, -0.2) is 12.5 Å². The molecule has 0 aromatic heterocycles. The van der Waals surface area contributed by atoms with Crippen molar-refractivity contribution in [1.82, 2.24) is 10.6 Å². The molecule has 0 aliphatic carbocycles. The zero-order valence-corrected chi connectivity index (χ0v) is 23.9. The first-order valence-electron chi connectivity index (χ1n) is 14.6. The molecule has 0 unspecified atom stereocenters. The van der Waals surface area contributed by atoms with Gasteiger partial charge in [0.15, 0.2) is 0 Å². The third-order valence-corrected chi connectivity index (χ3v) is 8.08. The first-order chi connectivity index (χ1) is 21.2. The Morgan fingerprint density at radius 1 is 0.372 bits per heavy atom. The molecule has 0 aliphatic heterocycles. The van der Waals surface area contributed by atoms with Crippen molar-refractivity contribution < 1.29 is 4.79 Å². The van der Waals surface area contributed by atoms with E-state index in [1.165, 1.54) is 0 Å². The molecule has 210 valence electrons. The average Bonchev–Trinajstić information content (AvgIpc) is 3.10. The van der Waals surface area contributed by atoms with Crippen molar-refractivity contribution in [3.8, 4) is 0 Å². The van der Waals surface area contributed by atoms with Crippen LogP contribution in [0, 0.1) is 0 Å². The van der Waals surface area contributed by atoms with Gasteiger partial charge >= 0.3 is 0 Å². The number of carbonyl (C=O) groups is 1. The standard InChI is InChI=1S/C40H34N2O/c43-38(42-40(35-25-13-4-14-26-35,36-27-15-5-16-28-36)37-29-17-6-18-30-37)31-41-39(32-19-7-1-8-20-32,33-21-9-2-10-22-33)34-23-11-3-12-24-34/h1-30,41H,31H2,(H,42,43). The van der Waals surface area contributed by atoms with Gasteiger partial charge in [-0.3, -0.25) is 10.1 Å². The van der Waals surface area contributed by atoms with Crippen LogP contribution in [0.15, 0.2) is 182 Å². The second kappa shape index (κ2) is 12.7. The summed E-state index contributed by atoms with van der Waals surface area (Å²) in [7, 11) is 0. The number of hydrogen-bond donors (Lipinski definition) is 2. The van der Waals surface area contributed by atoms with Crippen LogP contribution in [-0.2, 0) is 15.9 Å². The minimum Gasteiger partial charge on any atom is -0.337 e. The van der Waals surface area contributed by atoms with Gasteiger partial charge in [-0.05, 0) is 33.4 Å². The fourth-order valence-corrected chi connectivity index (χ4v) is 6.12. The second-order valence-corrected chi connectivity index (χ2v) is 10.6. The Labute approximate surface area is 253 Å². The van der Waals surface area contributed by atoms with Gasteiger partial charge in [0.05, 0.1) is 12.1 Å². The monoisotopic (exact) mass is 558 g/mol. The third kappa shape index (κ3) is 5.51. The van der Waals surface area contributed by atoms with Gasteiger partial charge in [-0.1, -0.05) is 182 Å². The highest BCUT2D eigenvalue weighted by Crippen LogP contribution is 2.38. The summed E-state index contributed by atoms with van der Waals surface area (Å²) in [6.45, 7) is 0.0763. The van der Waals surface area contributed by atoms with E-state index in [0.29, 0.717) is 0 Å². The molecule has 0 saturated carbocycles. The quantitative estimate of drug-likeness (QED) is 0.169. The number of hydrogen-bond acceptors (Lipinski definition) is 2. The molecular formula is C40H34N2O. The van der Waals surface area contributed by atoms with E-state index in [0.717, 1.165) is 33.4 Å². The summed E-state index contributed by atoms with van der Waals surface area (Å²) >= 11 is 0. The smallest absolute Gasteiger partial charge is 0.235 e. The summed E-state index contributed by atoms with van der Waals surface area (Å²) in [5.41, 5.74) is 4.48. The molecule has 0 fully saturated rings. The van der Waals surface area contributed by atoms with Gasteiger partial charge < -0.3 is 5.32 Å². The van der Waals surface area contributed by atoms with Crippen LogP contribution >= 0.6 is 0 Å². The number of carbonyl (C=O) groups excluding carboxylic acids is 1. The van der Waals surface area contributed by atoms with Gasteiger partial charge in [0.1, 0.15) is 5.54 Å². The Balaban J connectivity index is 1.45. The Bertz CT molecular complexity index is 1530. The van der Waals surface area contributed by atoms with Crippen LogP contribution < -0.4 is 10.6 Å². The third-order valence-electron chi connectivity index (χ3n) is 8.08. The van der Waals surface area contributed by atoms with E-state index in [4.69, 9.17) is 0 Å². The Kier molecular flexibility index (Phi) is 8.26. The van der Waals surface area contributed by atoms with Crippen molar-refractivity contribution in [2.45, 2.75) is 11.1 Å². The SMILES string of the molecule is O=C(CNC(c1ccccc1)(c1ccccc1)c1ccccc1)NC(c1ccccc1)(c1ccccc1)c1ccccc1. The van der Waals surface area contributed by atoms with Gasteiger partial charge in [0, 0.05) is 0 Å². The fourth-order valence-electron chi connectivity index (χ4n) is 6.12. The molecule has 43 heavy (non-hydrogen) atoms. The van der Waals surface area contributed by atoms with Gasteiger partial charge in [0.25, 0.3) is 0 Å². The Hall–Kier alpha value is -5.25. The molecule has 0 aliphatic rings. The lowest BCUT2D eigenvalue weighted by molar-refractivity contribution is -0.121. The molecule has 0 radical (unpaired) electrons. The summed E-state index contributed by atoms with van der Waals surface area (Å²) in [4.78, 5) is 14.3. The van der Waals surface area contributed by atoms with Crippen molar-refractivity contribution in [3.63, 3.8) is 0 Å². The lowest BCUT2D eigenvalue weighted by Crippen LogP contribution is -2.53. The topological polar surface area (TPSA) is 41.1 Å². The molecule has 0 atom stereocenters. The van der Waals surface area contributed by atoms with Gasteiger partial charge in [0.2, 0.25) is 5.91 Å². The first-order valence-corrected chi connectivity index (χ1v) is 14.6. The molecule has 6 aromatic carbocycles. The molecule has 3 heteroatoms. The zero-order valence-electron chi connectivity index (χ0n) is 23.9. The molecule has 3 nitrogen and oxygen atoms in total. The first kappa shape index (κ1) is 27.9. The van der Waals surface area contributed by atoms with Crippen LogP contribution in [0.2, 0.25) is 0 Å². The maximum absolute atomic E-state index is 14.3. The van der Waals surface area contributed by atoms with E-state index in [1.807, 2.05) is 109 Å². The maximum atomic E-state index is 14.3. The normalized spacial score (nSPS) is 11.5. The van der Waals surface area contributed by atoms with E-state index in [9.17, 15) is 4.79 Å². The molecule has 6 aromatic rings. The molecule has 0 heterocycles. The summed E-state index contributed by atoms with van der Waals surface area (Å²) in [6.07, 6.45) is 0. The molecule has 0 spiro atoms. The van der Waals surface area contributed by atoms with Gasteiger partial charge in [-0.15, -0.1) is 0 Å².